The van der Waals surface area contributed by atoms with Gasteiger partial charge >= 0.3 is 0 Å². The highest BCUT2D eigenvalue weighted by atomic mass is 15.2. The van der Waals surface area contributed by atoms with Crippen LogP contribution in [0.25, 0.3) is 21.9 Å². The van der Waals surface area contributed by atoms with Crippen molar-refractivity contribution in [3.05, 3.63) is 216 Å². The van der Waals surface area contributed by atoms with Crippen LogP contribution in [0.1, 0.15) is 105 Å². The number of fused-ring (bicyclic) bond motifs is 5. The van der Waals surface area contributed by atoms with Gasteiger partial charge in [0.25, 0.3) is 6.71 Å². The lowest BCUT2D eigenvalue weighted by Gasteiger charge is -2.45. The number of benzene rings is 9. The molecule has 0 fully saturated rings. The van der Waals surface area contributed by atoms with Gasteiger partial charge in [-0.15, -0.1) is 0 Å². The molecule has 0 unspecified atom stereocenters. The van der Waals surface area contributed by atoms with Crippen LogP contribution in [0.3, 0.4) is 0 Å². The highest BCUT2D eigenvalue weighted by Gasteiger charge is 2.45. The number of hydrogen-bond acceptors (Lipinski definition) is 3. The van der Waals surface area contributed by atoms with Crippen LogP contribution in [-0.4, -0.2) is 6.71 Å². The normalized spacial score (nSPS) is 13.5. The Labute approximate surface area is 429 Å². The van der Waals surface area contributed by atoms with E-state index in [1.807, 2.05) is 0 Å². The van der Waals surface area contributed by atoms with Gasteiger partial charge in [-0.25, -0.2) is 0 Å². The standard InChI is InChI=1S/C68H68BN3/c1-65(2,3)48-27-34-52(35-28-48)71-60-38-31-50(67(7,8)9)41-57(60)69-58-42-51(68(10,11)12)32-39-61(58)72(53-36-29-49(30-37-53)66(4,5)6)63-44-55(43-62(71)64(63)69)70(54-33-26-45-20-16-17-23-47(45)40-54)59-25-19-18-24-56(59)46-21-14-13-15-22-46/h13-44H,1-12H3. The Hall–Kier alpha value is -7.30. The van der Waals surface area contributed by atoms with Gasteiger partial charge in [0.2, 0.25) is 0 Å². The molecule has 2 heterocycles. The van der Waals surface area contributed by atoms with E-state index in [1.54, 1.807) is 0 Å². The topological polar surface area (TPSA) is 9.72 Å². The molecule has 2 aliphatic heterocycles. The summed E-state index contributed by atoms with van der Waals surface area (Å²) >= 11 is 0. The van der Waals surface area contributed by atoms with Gasteiger partial charge in [-0.05, 0) is 143 Å². The molecule has 0 saturated carbocycles. The monoisotopic (exact) mass is 938 g/mol. The lowest BCUT2D eigenvalue weighted by atomic mass is 9.33. The molecule has 0 radical (unpaired) electrons. The molecular formula is C68H68BN3. The van der Waals surface area contributed by atoms with E-state index in [1.165, 1.54) is 83.3 Å². The van der Waals surface area contributed by atoms with Crippen LogP contribution in [0.4, 0.5) is 51.2 Å². The highest BCUT2D eigenvalue weighted by molar-refractivity contribution is 7.00. The van der Waals surface area contributed by atoms with Gasteiger partial charge < -0.3 is 14.7 Å². The second-order valence-corrected chi connectivity index (χ2v) is 24.4. The van der Waals surface area contributed by atoms with Crippen LogP contribution >= 0.6 is 0 Å². The summed E-state index contributed by atoms with van der Waals surface area (Å²) in [5.41, 5.74) is 21.9. The summed E-state index contributed by atoms with van der Waals surface area (Å²) in [4.78, 5) is 7.67. The maximum Gasteiger partial charge on any atom is 0.252 e. The van der Waals surface area contributed by atoms with Crippen molar-refractivity contribution in [1.82, 2.24) is 0 Å². The first-order chi connectivity index (χ1) is 34.2. The lowest BCUT2D eigenvalue weighted by molar-refractivity contribution is 0.590. The van der Waals surface area contributed by atoms with E-state index in [9.17, 15) is 0 Å². The Bertz CT molecular complexity index is 3360. The molecule has 0 amide bonds. The van der Waals surface area contributed by atoms with E-state index in [4.69, 9.17) is 0 Å². The maximum absolute atomic E-state index is 2.58. The molecule has 0 saturated heterocycles. The quantitative estimate of drug-likeness (QED) is 0.154. The van der Waals surface area contributed by atoms with E-state index in [2.05, 4.69) is 292 Å². The van der Waals surface area contributed by atoms with E-state index < -0.39 is 0 Å². The van der Waals surface area contributed by atoms with E-state index in [0.29, 0.717) is 0 Å². The highest BCUT2D eigenvalue weighted by Crippen LogP contribution is 2.50. The molecule has 9 aromatic rings. The van der Waals surface area contributed by atoms with E-state index in [0.717, 1.165) is 28.4 Å². The molecule has 0 N–H and O–H groups in total. The summed E-state index contributed by atoms with van der Waals surface area (Å²) in [6.45, 7) is 27.8. The predicted octanol–water partition coefficient (Wildman–Crippen LogP) is 17.2. The largest absolute Gasteiger partial charge is 0.311 e. The van der Waals surface area contributed by atoms with Crippen molar-refractivity contribution in [2.24, 2.45) is 0 Å². The molecule has 0 atom stereocenters. The minimum atomic E-state index is -0.0563. The average molecular weight is 938 g/mol. The Morgan fingerprint density at radius 1 is 0.347 bits per heavy atom. The Morgan fingerprint density at radius 2 is 0.792 bits per heavy atom. The Morgan fingerprint density at radius 3 is 1.29 bits per heavy atom. The number of anilines is 9. The Balaban J connectivity index is 1.29. The zero-order chi connectivity index (χ0) is 50.5. The van der Waals surface area contributed by atoms with Gasteiger partial charge in [-0.2, -0.15) is 0 Å². The third kappa shape index (κ3) is 8.29. The van der Waals surface area contributed by atoms with Gasteiger partial charge in [-0.3, -0.25) is 0 Å². The number of rotatable bonds is 6. The minimum absolute atomic E-state index is 0.00807. The first-order valence-corrected chi connectivity index (χ1v) is 26.0. The number of para-hydroxylation sites is 1. The molecule has 0 spiro atoms. The van der Waals surface area contributed by atoms with Crippen LogP contribution in [0.2, 0.25) is 0 Å². The van der Waals surface area contributed by atoms with Crippen LogP contribution in [0.15, 0.2) is 194 Å². The van der Waals surface area contributed by atoms with Crippen LogP contribution in [0, 0.1) is 0 Å². The van der Waals surface area contributed by atoms with Gasteiger partial charge in [-0.1, -0.05) is 210 Å². The van der Waals surface area contributed by atoms with Crippen molar-refractivity contribution in [2.75, 3.05) is 14.7 Å². The third-order valence-electron chi connectivity index (χ3n) is 15.2. The molecule has 0 aliphatic carbocycles. The van der Waals surface area contributed by atoms with Crippen molar-refractivity contribution >= 4 is 85.1 Å². The second-order valence-electron chi connectivity index (χ2n) is 24.4. The SMILES string of the molecule is CC(C)(C)c1ccc(N2c3ccc(C(C)(C)C)cc3B3c4cc(C(C)(C)C)ccc4N(c4ccc(C(C)(C)C)cc4)c4cc(N(c5ccc6ccccc6c5)c5ccccc5-c5ccccc5)cc2c43)cc1. The fraction of sp³-hybridized carbons (Fsp3) is 0.235. The third-order valence-corrected chi connectivity index (χ3v) is 15.2. The maximum atomic E-state index is 2.58. The summed E-state index contributed by atoms with van der Waals surface area (Å²) in [7, 11) is 0. The van der Waals surface area contributed by atoms with Gasteiger partial charge in [0.1, 0.15) is 0 Å². The average Bonchev–Trinajstić information content (AvgIpc) is 3.35. The molecule has 3 nitrogen and oxygen atoms in total. The van der Waals surface area contributed by atoms with Crippen LogP contribution in [0.5, 0.6) is 0 Å². The zero-order valence-electron chi connectivity index (χ0n) is 44.4. The smallest absolute Gasteiger partial charge is 0.252 e. The van der Waals surface area contributed by atoms with Crippen molar-refractivity contribution in [1.29, 1.82) is 0 Å². The Kier molecular flexibility index (Phi) is 11.2. The van der Waals surface area contributed by atoms with E-state index in [-0.39, 0.29) is 28.4 Å². The molecule has 9 aromatic carbocycles. The predicted molar refractivity (Wildman–Crippen MR) is 313 cm³/mol. The second kappa shape index (κ2) is 17.2. The number of hydrogen-bond donors (Lipinski definition) is 0. The van der Waals surface area contributed by atoms with Gasteiger partial charge in [0, 0.05) is 45.4 Å². The molecular weight excluding hydrogens is 870 g/mol. The number of nitrogens with zero attached hydrogens (tertiary/aromatic N) is 3. The van der Waals surface area contributed by atoms with Crippen molar-refractivity contribution < 1.29 is 0 Å². The van der Waals surface area contributed by atoms with Crippen LogP contribution < -0.4 is 31.1 Å². The summed E-state index contributed by atoms with van der Waals surface area (Å²) in [6.07, 6.45) is 0. The summed E-state index contributed by atoms with van der Waals surface area (Å²) in [5.74, 6) is 0. The van der Waals surface area contributed by atoms with Crippen molar-refractivity contribution in [2.45, 2.75) is 105 Å². The minimum Gasteiger partial charge on any atom is -0.311 e. The van der Waals surface area contributed by atoms with Crippen molar-refractivity contribution in [3.63, 3.8) is 0 Å². The summed E-state index contributed by atoms with van der Waals surface area (Å²) < 4.78 is 0. The first kappa shape index (κ1) is 47.1. The lowest BCUT2D eigenvalue weighted by Crippen LogP contribution is -2.61. The fourth-order valence-corrected chi connectivity index (χ4v) is 11.1. The molecule has 358 valence electrons. The van der Waals surface area contributed by atoms with Gasteiger partial charge in [0.05, 0.1) is 11.4 Å². The summed E-state index contributed by atoms with van der Waals surface area (Å²) in [6, 6.07) is 73.9. The zero-order valence-corrected chi connectivity index (χ0v) is 44.4. The summed E-state index contributed by atoms with van der Waals surface area (Å²) in [5, 5.41) is 2.41. The molecule has 0 aromatic heterocycles. The molecule has 11 rings (SSSR count). The van der Waals surface area contributed by atoms with E-state index >= 15 is 0 Å². The molecule has 72 heavy (non-hydrogen) atoms. The fourth-order valence-electron chi connectivity index (χ4n) is 11.1. The molecule has 2 aliphatic rings. The van der Waals surface area contributed by atoms with Crippen LogP contribution in [-0.2, 0) is 21.7 Å². The van der Waals surface area contributed by atoms with Gasteiger partial charge in [0.15, 0.2) is 0 Å². The molecule has 4 heteroatoms. The molecule has 0 bridgehead atoms. The van der Waals surface area contributed by atoms with Crippen molar-refractivity contribution in [3.8, 4) is 11.1 Å². The first-order valence-electron chi connectivity index (χ1n) is 26.0.